The average molecular weight is 995 g/mol. The topological polar surface area (TPSA) is 257 Å². The fourth-order valence-corrected chi connectivity index (χ4v) is 14.3. The Morgan fingerprint density at radius 2 is 1.33 bits per heavy atom. The molecule has 4 saturated carbocycles. The molecule has 8 rings (SSSR count). The Balaban J connectivity index is 0.962. The maximum atomic E-state index is 13.9. The molecule has 4 saturated heterocycles. The standard InChI is InChI=1S/C51H78O19/c1-12-23(3)44(58)66-41-42-48(8)17-15-29(20-28(48)14-18-50(42)51(70-50)19-16-30(25(5)53)49(51,9)43(41)69-45(59)24(4)13-2)64-33-21-31(60-10)38(26(6)62-33)67-47-37(57)40(61-11)39(27(7)63-47)68-46-36(56)35(55)34(54)32(22-52)65-46/h12-13,26-43,46-47,52,54-57H,14-22H2,1-11H3/b23-12+,24-13+/t26-,27-,28+,29+,30-,31-,32-,33+,34-,35+,36-,37-,38-,39-,40+,41+,42-,43-,46+,47+,48+,49+,50+,51-/m1/s1. The van der Waals surface area contributed by atoms with E-state index in [2.05, 4.69) is 6.92 Å². The van der Waals surface area contributed by atoms with Gasteiger partial charge in [-0.25, -0.2) is 9.59 Å². The van der Waals surface area contributed by atoms with Crippen molar-refractivity contribution in [2.24, 2.45) is 28.6 Å². The maximum absolute atomic E-state index is 13.9. The lowest BCUT2D eigenvalue weighted by Crippen LogP contribution is -2.70. The fourth-order valence-electron chi connectivity index (χ4n) is 14.3. The van der Waals surface area contributed by atoms with Crippen LogP contribution in [0, 0.1) is 28.6 Å². The molecule has 0 unspecified atom stereocenters. The molecule has 0 aromatic rings. The maximum Gasteiger partial charge on any atom is 0.333 e. The fraction of sp³-hybridized carbons (Fsp3) is 0.863. The summed E-state index contributed by atoms with van der Waals surface area (Å²) in [5.41, 5.74) is -1.94. The molecule has 0 amide bonds. The van der Waals surface area contributed by atoms with E-state index in [1.165, 1.54) is 7.11 Å². The number of carbonyl (C=O) groups excluding carboxylic acids is 3. The van der Waals surface area contributed by atoms with Gasteiger partial charge in [-0.1, -0.05) is 26.0 Å². The number of aliphatic hydroxyl groups excluding tert-OH is 5. The number of hydrogen-bond acceptors (Lipinski definition) is 19. The summed E-state index contributed by atoms with van der Waals surface area (Å²) in [6, 6.07) is 0. The van der Waals surface area contributed by atoms with Crippen LogP contribution >= 0.6 is 0 Å². The molecule has 5 N–H and O–H groups in total. The smallest absolute Gasteiger partial charge is 0.333 e. The molecule has 4 heterocycles. The highest BCUT2D eigenvalue weighted by molar-refractivity contribution is 5.89. The number of rotatable bonds is 14. The first-order valence-electron chi connectivity index (χ1n) is 25.3. The molecule has 70 heavy (non-hydrogen) atoms. The first-order valence-corrected chi connectivity index (χ1v) is 25.3. The Hall–Kier alpha value is -2.47. The Bertz CT molecular complexity index is 1990. The zero-order chi connectivity index (χ0) is 51.0. The van der Waals surface area contributed by atoms with Crippen LogP contribution in [0.25, 0.3) is 0 Å². The minimum Gasteiger partial charge on any atom is -0.455 e. The largest absolute Gasteiger partial charge is 0.455 e. The van der Waals surface area contributed by atoms with Crippen molar-refractivity contribution in [2.75, 3.05) is 20.8 Å². The number of hydrogen-bond donors (Lipinski definition) is 5. The van der Waals surface area contributed by atoms with Gasteiger partial charge in [-0.3, -0.25) is 4.79 Å². The van der Waals surface area contributed by atoms with Gasteiger partial charge in [0.05, 0.1) is 31.0 Å². The third kappa shape index (κ3) is 8.66. The minimum atomic E-state index is -1.67. The monoisotopic (exact) mass is 995 g/mol. The van der Waals surface area contributed by atoms with Crippen molar-refractivity contribution in [3.05, 3.63) is 23.3 Å². The highest BCUT2D eigenvalue weighted by atomic mass is 16.8. The van der Waals surface area contributed by atoms with Gasteiger partial charge < -0.3 is 77.6 Å². The number of methoxy groups -OCH3 is 2. The summed E-state index contributed by atoms with van der Waals surface area (Å²) in [4.78, 5) is 41.3. The predicted molar refractivity (Wildman–Crippen MR) is 244 cm³/mol. The van der Waals surface area contributed by atoms with Crippen LogP contribution in [-0.4, -0.2) is 180 Å². The van der Waals surface area contributed by atoms with Crippen LogP contribution < -0.4 is 0 Å². The van der Waals surface area contributed by atoms with Gasteiger partial charge in [0, 0.05) is 49.0 Å². The van der Waals surface area contributed by atoms with Gasteiger partial charge >= 0.3 is 11.9 Å². The molecule has 8 fully saturated rings. The first-order chi connectivity index (χ1) is 33.1. The summed E-state index contributed by atoms with van der Waals surface area (Å²) in [5, 5.41) is 52.4. The highest BCUT2D eigenvalue weighted by Crippen LogP contribution is 2.81. The summed E-state index contributed by atoms with van der Waals surface area (Å²) < 4.78 is 69.5. The Labute approximate surface area is 410 Å². The molecule has 2 spiro atoms. The Morgan fingerprint density at radius 1 is 0.686 bits per heavy atom. The number of aliphatic hydroxyl groups is 5. The van der Waals surface area contributed by atoms with Gasteiger partial charge in [0.15, 0.2) is 18.9 Å². The number of carbonyl (C=O) groups is 3. The summed E-state index contributed by atoms with van der Waals surface area (Å²) in [5.74, 6) is -1.70. The van der Waals surface area contributed by atoms with Crippen molar-refractivity contribution in [2.45, 2.75) is 229 Å². The molecule has 19 nitrogen and oxygen atoms in total. The molecule has 0 aromatic carbocycles. The van der Waals surface area contributed by atoms with Crippen LogP contribution in [0.1, 0.15) is 114 Å². The van der Waals surface area contributed by atoms with Crippen molar-refractivity contribution in [1.82, 2.24) is 0 Å². The van der Waals surface area contributed by atoms with Crippen molar-refractivity contribution in [3.8, 4) is 0 Å². The van der Waals surface area contributed by atoms with Crippen molar-refractivity contribution in [3.63, 3.8) is 0 Å². The summed E-state index contributed by atoms with van der Waals surface area (Å²) in [6.45, 7) is 15.7. The number of Topliss-reactive ketones (excluding diaryl/α,β-unsaturated/α-hetero) is 1. The van der Waals surface area contributed by atoms with Gasteiger partial charge in [-0.05, 0) is 105 Å². The average Bonchev–Trinajstić information content (AvgIpc) is 3.88. The SMILES string of the molecule is C/C=C(\C)C(=O)O[C@@H]1[C@@H](OC(=O)/C(C)=C/C)[C@]2(C)[C@@H](C(C)=O)CC[C@@]23O[C@]32CC[C@H]3C[C@@H](O[C@H]4C[C@@H](OC)[C@H](O[C@@H]5O[C@H](C)[C@@H](O[C@@H]6O[C@H](CO)[C@@H](O)[C@H](O)[C@H]6O)[C@@H](OC)[C@H]5O)[C@@H](C)O4)CC[C@]3(C)[C@@H]12. The van der Waals surface area contributed by atoms with E-state index in [0.29, 0.717) is 56.1 Å². The molecule has 396 valence electrons. The Morgan fingerprint density at radius 3 is 1.96 bits per heavy atom. The van der Waals surface area contributed by atoms with Gasteiger partial charge in [0.25, 0.3) is 0 Å². The second kappa shape index (κ2) is 20.3. The quantitative estimate of drug-likeness (QED) is 0.0726. The molecule has 4 aliphatic heterocycles. The van der Waals surface area contributed by atoms with Crippen LogP contribution in [0.5, 0.6) is 0 Å². The molecular weight excluding hydrogens is 917 g/mol. The Kier molecular flexibility index (Phi) is 15.6. The van der Waals surface area contributed by atoms with E-state index in [0.717, 1.165) is 6.42 Å². The van der Waals surface area contributed by atoms with Gasteiger partial charge in [-0.15, -0.1) is 0 Å². The van der Waals surface area contributed by atoms with Crippen LogP contribution in [0.3, 0.4) is 0 Å². The molecule has 0 bridgehead atoms. The van der Waals surface area contributed by atoms with Crippen LogP contribution in [0.2, 0.25) is 0 Å². The summed E-state index contributed by atoms with van der Waals surface area (Å²) >= 11 is 0. The van der Waals surface area contributed by atoms with E-state index in [4.69, 9.17) is 52.1 Å². The molecule has 19 heteroatoms. The zero-order valence-electron chi connectivity index (χ0n) is 42.5. The molecule has 0 aromatic heterocycles. The van der Waals surface area contributed by atoms with Crippen molar-refractivity contribution < 1.29 is 92.0 Å². The molecule has 8 aliphatic rings. The number of epoxide rings is 1. The number of esters is 2. The van der Waals surface area contributed by atoms with Gasteiger partial charge in [-0.2, -0.15) is 0 Å². The number of fused-ring (bicyclic) bond motifs is 2. The third-order valence-electron chi connectivity index (χ3n) is 18.4. The van der Waals surface area contributed by atoms with Crippen LogP contribution in [-0.2, 0) is 66.5 Å². The lowest BCUT2D eigenvalue weighted by atomic mass is 9.43. The lowest BCUT2D eigenvalue weighted by Gasteiger charge is -2.61. The van der Waals surface area contributed by atoms with Crippen molar-refractivity contribution in [1.29, 1.82) is 0 Å². The molecular formula is C51H78O19. The summed E-state index contributed by atoms with van der Waals surface area (Å²) in [7, 11) is 2.94. The minimum absolute atomic E-state index is 0.00192. The van der Waals surface area contributed by atoms with Crippen molar-refractivity contribution >= 4 is 17.7 Å². The number of ketones is 1. The highest BCUT2D eigenvalue weighted by Gasteiger charge is 2.91. The molecule has 24 atom stereocenters. The van der Waals surface area contributed by atoms with Gasteiger partial charge in [0.1, 0.15) is 78.0 Å². The third-order valence-corrected chi connectivity index (χ3v) is 18.4. The van der Waals surface area contributed by atoms with E-state index < -0.39 is 145 Å². The zero-order valence-corrected chi connectivity index (χ0v) is 42.5. The molecule has 0 radical (unpaired) electrons. The van der Waals surface area contributed by atoms with Gasteiger partial charge in [0.2, 0.25) is 0 Å². The number of allylic oxidation sites excluding steroid dienone is 2. The van der Waals surface area contributed by atoms with E-state index in [9.17, 15) is 39.9 Å². The second-order valence-corrected chi connectivity index (χ2v) is 21.8. The molecule has 4 aliphatic carbocycles. The van der Waals surface area contributed by atoms with E-state index in [1.807, 2.05) is 13.8 Å². The second-order valence-electron chi connectivity index (χ2n) is 21.8. The van der Waals surface area contributed by atoms with E-state index >= 15 is 0 Å². The van der Waals surface area contributed by atoms with E-state index in [1.54, 1.807) is 60.8 Å². The normalized spacial score (nSPS) is 50.2. The first kappa shape index (κ1) is 53.8. The lowest BCUT2D eigenvalue weighted by molar-refractivity contribution is -0.371. The number of ether oxygens (including phenoxy) is 11. The van der Waals surface area contributed by atoms with E-state index in [-0.39, 0.29) is 23.7 Å². The van der Waals surface area contributed by atoms with Crippen LogP contribution in [0.4, 0.5) is 0 Å². The predicted octanol–water partition coefficient (Wildman–Crippen LogP) is 2.71. The summed E-state index contributed by atoms with van der Waals surface area (Å²) in [6.07, 6.45) is -9.15. The van der Waals surface area contributed by atoms with Crippen LogP contribution in [0.15, 0.2) is 23.3 Å².